The summed E-state index contributed by atoms with van der Waals surface area (Å²) in [6.07, 6.45) is 0. The summed E-state index contributed by atoms with van der Waals surface area (Å²) in [5.74, 6) is -1.14. The molecule has 0 amide bonds. The van der Waals surface area contributed by atoms with E-state index in [0.717, 1.165) is 17.0 Å². The van der Waals surface area contributed by atoms with Gasteiger partial charge in [0.05, 0.1) is 0 Å². The number of hydrogen-bond donors (Lipinski definition) is 1. The molecule has 0 saturated heterocycles. The zero-order valence-corrected chi connectivity index (χ0v) is 8.87. The number of nitrogens with one attached hydrogen (secondary N) is 1. The molecule has 0 aliphatic rings. The molecular formula is C14H9F2N. The average molecular weight is 229 g/mol. The quantitative estimate of drug-likeness (QED) is 0.646. The lowest BCUT2D eigenvalue weighted by Crippen LogP contribution is -1.83. The molecule has 0 atom stereocenters. The molecule has 3 rings (SSSR count). The van der Waals surface area contributed by atoms with Gasteiger partial charge in [0.15, 0.2) is 0 Å². The van der Waals surface area contributed by atoms with Crippen molar-refractivity contribution in [3.63, 3.8) is 0 Å². The minimum atomic E-state index is -0.571. The molecular weight excluding hydrogens is 220 g/mol. The van der Waals surface area contributed by atoms with Crippen molar-refractivity contribution in [2.45, 2.75) is 0 Å². The van der Waals surface area contributed by atoms with Crippen LogP contribution in [0.5, 0.6) is 0 Å². The maximum absolute atomic E-state index is 13.1. The fourth-order valence-corrected chi connectivity index (χ4v) is 1.94. The summed E-state index contributed by atoms with van der Waals surface area (Å²) in [5.41, 5.74) is 2.18. The third-order valence-corrected chi connectivity index (χ3v) is 2.70. The Labute approximate surface area is 96.7 Å². The Balaban J connectivity index is 2.20. The van der Waals surface area contributed by atoms with Crippen molar-refractivity contribution >= 4 is 10.9 Å². The van der Waals surface area contributed by atoms with E-state index >= 15 is 0 Å². The van der Waals surface area contributed by atoms with Gasteiger partial charge in [0.1, 0.15) is 11.6 Å². The maximum Gasteiger partial charge on any atom is 0.126 e. The topological polar surface area (TPSA) is 15.8 Å². The number of aromatic nitrogens is 1. The fraction of sp³-hybridized carbons (Fsp3) is 0. The molecule has 0 spiro atoms. The number of aromatic amines is 1. The zero-order chi connectivity index (χ0) is 11.8. The van der Waals surface area contributed by atoms with Gasteiger partial charge in [-0.1, -0.05) is 18.2 Å². The Bertz CT molecular complexity index is 632. The standard InChI is InChI=1S/C14H9F2N/c15-11-5-10(6-12(16)8-11)14-7-9-3-1-2-4-13(9)17-14/h1-8,17H. The second-order valence-electron chi connectivity index (χ2n) is 3.93. The van der Waals surface area contributed by atoms with Crippen LogP contribution in [0.15, 0.2) is 48.5 Å². The highest BCUT2D eigenvalue weighted by atomic mass is 19.1. The largest absolute Gasteiger partial charge is 0.355 e. The highest BCUT2D eigenvalue weighted by molar-refractivity contribution is 5.85. The van der Waals surface area contributed by atoms with E-state index in [1.54, 1.807) is 0 Å². The van der Waals surface area contributed by atoms with Crippen LogP contribution in [0, 0.1) is 11.6 Å². The Morgan fingerprint density at radius 2 is 1.53 bits per heavy atom. The number of benzene rings is 2. The molecule has 1 N–H and O–H groups in total. The van der Waals surface area contributed by atoms with Crippen molar-refractivity contribution in [1.82, 2.24) is 4.98 Å². The van der Waals surface area contributed by atoms with Gasteiger partial charge < -0.3 is 4.98 Å². The summed E-state index contributed by atoms with van der Waals surface area (Å²) in [7, 11) is 0. The van der Waals surface area contributed by atoms with Crippen LogP contribution >= 0.6 is 0 Å². The fourth-order valence-electron chi connectivity index (χ4n) is 1.94. The van der Waals surface area contributed by atoms with E-state index in [9.17, 15) is 8.78 Å². The van der Waals surface area contributed by atoms with Crippen molar-refractivity contribution in [3.8, 4) is 11.3 Å². The first-order chi connectivity index (χ1) is 8.22. The van der Waals surface area contributed by atoms with Crippen LogP contribution < -0.4 is 0 Å². The molecule has 0 radical (unpaired) electrons. The van der Waals surface area contributed by atoms with Crippen LogP contribution in [0.2, 0.25) is 0 Å². The summed E-state index contributed by atoms with van der Waals surface area (Å²) in [5, 5.41) is 1.02. The summed E-state index contributed by atoms with van der Waals surface area (Å²) >= 11 is 0. The predicted octanol–water partition coefficient (Wildman–Crippen LogP) is 4.11. The molecule has 0 saturated carbocycles. The van der Waals surface area contributed by atoms with Crippen molar-refractivity contribution in [2.24, 2.45) is 0 Å². The predicted molar refractivity (Wildman–Crippen MR) is 63.7 cm³/mol. The number of fused-ring (bicyclic) bond motifs is 1. The molecule has 17 heavy (non-hydrogen) atoms. The zero-order valence-electron chi connectivity index (χ0n) is 8.87. The number of hydrogen-bond acceptors (Lipinski definition) is 0. The van der Waals surface area contributed by atoms with E-state index in [1.807, 2.05) is 30.3 Å². The van der Waals surface area contributed by atoms with E-state index in [4.69, 9.17) is 0 Å². The number of para-hydroxylation sites is 1. The average Bonchev–Trinajstić information content (AvgIpc) is 2.71. The van der Waals surface area contributed by atoms with Gasteiger partial charge in [0.25, 0.3) is 0 Å². The van der Waals surface area contributed by atoms with Crippen LogP contribution in [-0.2, 0) is 0 Å². The van der Waals surface area contributed by atoms with Crippen LogP contribution in [0.3, 0.4) is 0 Å². The molecule has 1 nitrogen and oxygen atoms in total. The first-order valence-electron chi connectivity index (χ1n) is 5.26. The van der Waals surface area contributed by atoms with Crippen LogP contribution in [0.25, 0.3) is 22.2 Å². The number of H-pyrrole nitrogens is 1. The van der Waals surface area contributed by atoms with Gasteiger partial charge >= 0.3 is 0 Å². The third-order valence-electron chi connectivity index (χ3n) is 2.70. The van der Waals surface area contributed by atoms with Crippen LogP contribution in [-0.4, -0.2) is 4.98 Å². The highest BCUT2D eigenvalue weighted by Gasteiger charge is 2.06. The maximum atomic E-state index is 13.1. The normalized spacial score (nSPS) is 10.9. The van der Waals surface area contributed by atoms with Gasteiger partial charge in [-0.15, -0.1) is 0 Å². The van der Waals surface area contributed by atoms with Crippen molar-refractivity contribution < 1.29 is 8.78 Å². The second-order valence-corrected chi connectivity index (χ2v) is 3.93. The van der Waals surface area contributed by atoms with Gasteiger partial charge in [-0.05, 0) is 24.3 Å². The highest BCUT2D eigenvalue weighted by Crippen LogP contribution is 2.25. The van der Waals surface area contributed by atoms with Crippen LogP contribution in [0.1, 0.15) is 0 Å². The van der Waals surface area contributed by atoms with E-state index in [2.05, 4.69) is 4.98 Å². The van der Waals surface area contributed by atoms with Crippen molar-refractivity contribution in [3.05, 3.63) is 60.2 Å². The summed E-state index contributed by atoms with van der Waals surface area (Å²) in [6.45, 7) is 0. The van der Waals surface area contributed by atoms with Gasteiger partial charge in [-0.3, -0.25) is 0 Å². The second kappa shape index (κ2) is 3.70. The molecule has 3 aromatic rings. The Kier molecular flexibility index (Phi) is 2.18. The summed E-state index contributed by atoms with van der Waals surface area (Å²) < 4.78 is 26.2. The minimum Gasteiger partial charge on any atom is -0.355 e. The molecule has 3 heteroatoms. The lowest BCUT2D eigenvalue weighted by Gasteiger charge is -1.98. The summed E-state index contributed by atoms with van der Waals surface area (Å²) in [6, 6.07) is 13.1. The number of rotatable bonds is 1. The monoisotopic (exact) mass is 229 g/mol. The van der Waals surface area contributed by atoms with Crippen molar-refractivity contribution in [2.75, 3.05) is 0 Å². The van der Waals surface area contributed by atoms with Gasteiger partial charge in [0.2, 0.25) is 0 Å². The van der Waals surface area contributed by atoms with Gasteiger partial charge in [-0.25, -0.2) is 8.78 Å². The Morgan fingerprint density at radius 1 is 0.824 bits per heavy atom. The first kappa shape index (κ1) is 10.0. The molecule has 0 unspecified atom stereocenters. The van der Waals surface area contributed by atoms with E-state index in [0.29, 0.717) is 11.3 Å². The smallest absolute Gasteiger partial charge is 0.126 e. The van der Waals surface area contributed by atoms with Crippen LogP contribution in [0.4, 0.5) is 8.78 Å². The molecule has 0 aliphatic heterocycles. The van der Waals surface area contributed by atoms with E-state index in [1.165, 1.54) is 12.1 Å². The molecule has 0 bridgehead atoms. The Morgan fingerprint density at radius 3 is 2.24 bits per heavy atom. The molecule has 2 aromatic carbocycles. The summed E-state index contributed by atoms with van der Waals surface area (Å²) in [4.78, 5) is 3.13. The van der Waals surface area contributed by atoms with E-state index < -0.39 is 11.6 Å². The molecule has 1 aromatic heterocycles. The third kappa shape index (κ3) is 1.80. The molecule has 84 valence electrons. The SMILES string of the molecule is Fc1cc(F)cc(-c2cc3ccccc3[nH]2)c1. The van der Waals surface area contributed by atoms with Gasteiger partial charge in [0, 0.05) is 28.2 Å². The van der Waals surface area contributed by atoms with E-state index in [-0.39, 0.29) is 0 Å². The number of halogens is 2. The lowest BCUT2D eigenvalue weighted by molar-refractivity contribution is 0.584. The lowest BCUT2D eigenvalue weighted by atomic mass is 10.1. The molecule has 0 aliphatic carbocycles. The Hall–Kier alpha value is -2.16. The molecule has 1 heterocycles. The van der Waals surface area contributed by atoms with Gasteiger partial charge in [-0.2, -0.15) is 0 Å². The molecule has 0 fully saturated rings. The first-order valence-corrected chi connectivity index (χ1v) is 5.26. The minimum absolute atomic E-state index is 0.513. The van der Waals surface area contributed by atoms with Crippen molar-refractivity contribution in [1.29, 1.82) is 0 Å².